The van der Waals surface area contributed by atoms with Gasteiger partial charge in [-0.25, -0.2) is 0 Å². The molecule has 0 aliphatic heterocycles. The highest BCUT2D eigenvalue weighted by Crippen LogP contribution is 2.46. The largest absolute Gasteiger partial charge is 0.455 e. The topological polar surface area (TPSA) is 29.5 Å². The van der Waals surface area contributed by atoms with E-state index >= 15 is 0 Å². The van der Waals surface area contributed by atoms with Gasteiger partial charge in [-0.05, 0) is 87.3 Å². The van der Waals surface area contributed by atoms with Crippen LogP contribution in [0.25, 0.3) is 108 Å². The van der Waals surface area contributed by atoms with Gasteiger partial charge in [0.05, 0.1) is 10.4 Å². The molecule has 10 aromatic carbocycles. The number of fused-ring (bicyclic) bond motifs is 12. The molecule has 0 unspecified atom stereocenters. The zero-order chi connectivity index (χ0) is 39.3. The summed E-state index contributed by atoms with van der Waals surface area (Å²) in [6, 6.07) is 72.1. The number of anilines is 3. The Morgan fingerprint density at radius 3 is 1.60 bits per heavy atom. The second kappa shape index (κ2) is 12.9. The van der Waals surface area contributed by atoms with E-state index in [0.717, 1.165) is 83.2 Å². The first-order chi connectivity index (χ1) is 29.7. The molecule has 0 radical (unpaired) electrons. The minimum Gasteiger partial charge on any atom is -0.455 e. The minimum atomic E-state index is 0.906. The number of hydrogen-bond acceptors (Lipinski definition) is 4. The summed E-state index contributed by atoms with van der Waals surface area (Å²) in [7, 11) is 0. The highest BCUT2D eigenvalue weighted by Gasteiger charge is 2.20. The van der Waals surface area contributed by atoms with Crippen LogP contribution in [-0.4, -0.2) is 0 Å². The van der Waals surface area contributed by atoms with Crippen molar-refractivity contribution in [3.8, 4) is 22.3 Å². The molecule has 0 N–H and O–H groups in total. The minimum absolute atomic E-state index is 0.906. The molecule has 0 spiro atoms. The summed E-state index contributed by atoms with van der Waals surface area (Å²) in [5.74, 6) is 0. The first kappa shape index (κ1) is 33.3. The van der Waals surface area contributed by atoms with Crippen molar-refractivity contribution in [2.75, 3.05) is 4.90 Å². The molecular formula is C56H33NO2S. The lowest BCUT2D eigenvalue weighted by atomic mass is 9.96. The number of thiophene rings is 1. The number of benzene rings is 10. The molecule has 0 fully saturated rings. The van der Waals surface area contributed by atoms with Crippen molar-refractivity contribution in [2.45, 2.75) is 0 Å². The normalized spacial score (nSPS) is 12.0. The third kappa shape index (κ3) is 5.01. The van der Waals surface area contributed by atoms with Crippen LogP contribution >= 0.6 is 11.3 Å². The summed E-state index contributed by atoms with van der Waals surface area (Å²) in [4.78, 5) is 2.42. The lowest BCUT2D eigenvalue weighted by molar-refractivity contribution is 0.669. The third-order valence-corrected chi connectivity index (χ3v) is 13.5. The summed E-state index contributed by atoms with van der Waals surface area (Å²) in [6.45, 7) is 0. The second-order valence-corrected chi connectivity index (χ2v) is 16.7. The zero-order valence-electron chi connectivity index (χ0n) is 32.2. The van der Waals surface area contributed by atoms with E-state index in [4.69, 9.17) is 8.83 Å². The van der Waals surface area contributed by atoms with Gasteiger partial charge >= 0.3 is 0 Å². The van der Waals surface area contributed by atoms with E-state index < -0.39 is 0 Å². The Morgan fingerprint density at radius 1 is 0.350 bits per heavy atom. The van der Waals surface area contributed by atoms with Gasteiger partial charge in [0.2, 0.25) is 0 Å². The Morgan fingerprint density at radius 2 is 0.883 bits per heavy atom. The summed E-state index contributed by atoms with van der Waals surface area (Å²) >= 11 is 1.86. The number of rotatable bonds is 5. The molecule has 4 heteroatoms. The average Bonchev–Trinajstić information content (AvgIpc) is 4.01. The maximum atomic E-state index is 6.45. The molecule has 3 nitrogen and oxygen atoms in total. The van der Waals surface area contributed by atoms with Crippen molar-refractivity contribution in [1.29, 1.82) is 0 Å². The maximum absolute atomic E-state index is 6.45. The van der Waals surface area contributed by atoms with Crippen molar-refractivity contribution in [3.05, 3.63) is 200 Å². The van der Waals surface area contributed by atoms with E-state index in [1.807, 2.05) is 35.6 Å². The Bertz CT molecular complexity index is 3850. The molecule has 13 aromatic rings. The van der Waals surface area contributed by atoms with E-state index in [1.165, 1.54) is 41.7 Å². The van der Waals surface area contributed by atoms with Crippen LogP contribution in [0.5, 0.6) is 0 Å². The molecule has 0 saturated carbocycles. The monoisotopic (exact) mass is 783 g/mol. The summed E-state index contributed by atoms with van der Waals surface area (Å²) in [6.07, 6.45) is 0. The van der Waals surface area contributed by atoms with Gasteiger partial charge in [-0.2, -0.15) is 0 Å². The average molecular weight is 784 g/mol. The standard InChI is InChI=1S/C56H33NO2S/c1-4-19-51-44(10-1)47-15-7-13-42(54(47)58-51)34-24-27-38(28-25-34)57(50-18-9-17-49-46-12-3-6-21-53(46)60-56(49)50)39-29-31-41-37(33-39)23-22-35-32-36(26-30-40(35)41)43-14-8-16-48-45-11-2-5-20-52(45)59-55(43)48/h1-33H. The fourth-order valence-corrected chi connectivity index (χ4v) is 10.6. The number of nitrogens with zero attached hydrogens (tertiary/aromatic N) is 1. The highest BCUT2D eigenvalue weighted by atomic mass is 32.1. The molecule has 0 aliphatic carbocycles. The Labute approximate surface area is 348 Å². The molecule has 0 saturated heterocycles. The van der Waals surface area contributed by atoms with Crippen LogP contribution in [0.2, 0.25) is 0 Å². The van der Waals surface area contributed by atoms with Crippen LogP contribution in [-0.2, 0) is 0 Å². The quantitative estimate of drug-likeness (QED) is 0.163. The number of furan rings is 2. The lowest BCUT2D eigenvalue weighted by Gasteiger charge is -2.27. The molecule has 3 aromatic heterocycles. The van der Waals surface area contributed by atoms with Gasteiger partial charge in [-0.3, -0.25) is 0 Å². The fraction of sp³-hybridized carbons (Fsp3) is 0. The van der Waals surface area contributed by atoms with Crippen LogP contribution in [0, 0.1) is 0 Å². The van der Waals surface area contributed by atoms with Crippen molar-refractivity contribution >= 4 is 114 Å². The van der Waals surface area contributed by atoms with Crippen molar-refractivity contribution in [3.63, 3.8) is 0 Å². The molecule has 0 aliphatic rings. The van der Waals surface area contributed by atoms with Crippen LogP contribution in [0.4, 0.5) is 17.1 Å². The Hall–Kier alpha value is -7.66. The first-order valence-electron chi connectivity index (χ1n) is 20.3. The second-order valence-electron chi connectivity index (χ2n) is 15.6. The van der Waals surface area contributed by atoms with E-state index in [9.17, 15) is 0 Å². The maximum Gasteiger partial charge on any atom is 0.143 e. The smallest absolute Gasteiger partial charge is 0.143 e. The van der Waals surface area contributed by atoms with Gasteiger partial charge in [0.1, 0.15) is 22.3 Å². The first-order valence-corrected chi connectivity index (χ1v) is 21.1. The molecule has 0 atom stereocenters. The third-order valence-electron chi connectivity index (χ3n) is 12.3. The lowest BCUT2D eigenvalue weighted by Crippen LogP contribution is -2.10. The summed E-state index contributed by atoms with van der Waals surface area (Å²) < 4.78 is 15.4. The van der Waals surface area contributed by atoms with Crippen molar-refractivity contribution < 1.29 is 8.83 Å². The van der Waals surface area contributed by atoms with E-state index in [1.54, 1.807) is 0 Å². The van der Waals surface area contributed by atoms with Crippen molar-refractivity contribution in [1.82, 2.24) is 0 Å². The Balaban J connectivity index is 0.947. The predicted octanol–water partition coefficient (Wildman–Crippen LogP) is 17.0. The van der Waals surface area contributed by atoms with Crippen LogP contribution in [0.1, 0.15) is 0 Å². The highest BCUT2D eigenvalue weighted by molar-refractivity contribution is 7.26. The number of hydrogen-bond donors (Lipinski definition) is 0. The van der Waals surface area contributed by atoms with Crippen LogP contribution < -0.4 is 4.90 Å². The fourth-order valence-electron chi connectivity index (χ4n) is 9.44. The Kier molecular flexibility index (Phi) is 7.18. The zero-order valence-corrected chi connectivity index (χ0v) is 33.0. The molecule has 3 heterocycles. The van der Waals surface area contributed by atoms with Gasteiger partial charge < -0.3 is 13.7 Å². The molecular weight excluding hydrogens is 751 g/mol. The number of para-hydroxylation sites is 4. The summed E-state index contributed by atoms with van der Waals surface area (Å²) in [5, 5.41) is 11.9. The van der Waals surface area contributed by atoms with Gasteiger partial charge in [0, 0.05) is 59.5 Å². The van der Waals surface area contributed by atoms with Gasteiger partial charge in [-0.1, -0.05) is 146 Å². The predicted molar refractivity (Wildman–Crippen MR) is 254 cm³/mol. The SMILES string of the molecule is c1ccc2c(c1)oc1c(-c3ccc(N(c4ccc5c(ccc6cc(-c7cccc8c7oc7ccccc78)ccc65)c4)c4cccc5c4sc4ccccc45)cc3)cccc12. The van der Waals surface area contributed by atoms with E-state index in [-0.39, 0.29) is 0 Å². The van der Waals surface area contributed by atoms with Gasteiger partial charge in [0.25, 0.3) is 0 Å². The van der Waals surface area contributed by atoms with Crippen LogP contribution in [0.15, 0.2) is 209 Å². The molecule has 60 heavy (non-hydrogen) atoms. The molecule has 0 bridgehead atoms. The van der Waals surface area contributed by atoms with Crippen molar-refractivity contribution in [2.24, 2.45) is 0 Å². The molecule has 13 rings (SSSR count). The molecule has 280 valence electrons. The summed E-state index contributed by atoms with van der Waals surface area (Å²) in [5.41, 5.74) is 11.5. The van der Waals surface area contributed by atoms with Gasteiger partial charge in [-0.15, -0.1) is 11.3 Å². The van der Waals surface area contributed by atoms with Gasteiger partial charge in [0.15, 0.2) is 0 Å². The molecule has 0 amide bonds. The van der Waals surface area contributed by atoms with Crippen LogP contribution in [0.3, 0.4) is 0 Å². The van der Waals surface area contributed by atoms with E-state index in [0.29, 0.717) is 0 Å². The van der Waals surface area contributed by atoms with E-state index in [2.05, 4.69) is 181 Å².